The third-order valence-corrected chi connectivity index (χ3v) is 4.45. The number of hydrogen-bond acceptors (Lipinski definition) is 2. The molecule has 3 heteroatoms. The quantitative estimate of drug-likeness (QED) is 0.751. The van der Waals surface area contributed by atoms with E-state index >= 15 is 0 Å². The predicted octanol–water partition coefficient (Wildman–Crippen LogP) is 2.79. The Morgan fingerprint density at radius 2 is 1.88 bits per heavy atom. The molecule has 96 valence electrons. The fourth-order valence-electron chi connectivity index (χ4n) is 3.58. The zero-order chi connectivity index (χ0) is 12.3. The highest BCUT2D eigenvalue weighted by molar-refractivity contribution is 5.98. The van der Waals surface area contributed by atoms with Gasteiger partial charge >= 0.3 is 0 Å². The Morgan fingerprint density at radius 1 is 1.18 bits per heavy atom. The predicted molar refractivity (Wildman–Crippen MR) is 66.3 cm³/mol. The van der Waals surface area contributed by atoms with E-state index in [0.29, 0.717) is 12.8 Å². The second kappa shape index (κ2) is 5.19. The van der Waals surface area contributed by atoms with E-state index in [1.54, 1.807) is 0 Å². The van der Waals surface area contributed by atoms with Crippen molar-refractivity contribution in [3.63, 3.8) is 0 Å². The number of piperidine rings is 1. The summed E-state index contributed by atoms with van der Waals surface area (Å²) in [6.07, 6.45) is 9.48. The van der Waals surface area contributed by atoms with Crippen LogP contribution in [0.1, 0.15) is 64.7 Å². The van der Waals surface area contributed by atoms with Crippen LogP contribution >= 0.6 is 0 Å². The summed E-state index contributed by atoms with van der Waals surface area (Å²) in [5, 5.41) is 2.43. The van der Waals surface area contributed by atoms with E-state index in [4.69, 9.17) is 0 Å². The first-order valence-corrected chi connectivity index (χ1v) is 6.96. The van der Waals surface area contributed by atoms with Gasteiger partial charge in [0.25, 0.3) is 0 Å². The molecule has 1 spiro atoms. The van der Waals surface area contributed by atoms with E-state index in [1.165, 1.54) is 32.1 Å². The summed E-state index contributed by atoms with van der Waals surface area (Å²) in [5.74, 6) is 0.699. The third-order valence-electron chi connectivity index (χ3n) is 4.45. The van der Waals surface area contributed by atoms with Crippen molar-refractivity contribution in [3.8, 4) is 0 Å². The highest BCUT2D eigenvalue weighted by Gasteiger charge is 2.40. The Morgan fingerprint density at radius 3 is 2.53 bits per heavy atom. The molecule has 0 aromatic heterocycles. The zero-order valence-electron chi connectivity index (χ0n) is 10.8. The first kappa shape index (κ1) is 12.6. The number of rotatable bonds is 2. The molecule has 2 aliphatic rings. The van der Waals surface area contributed by atoms with Gasteiger partial charge in [-0.25, -0.2) is 0 Å². The molecular formula is C14H23NO2. The Hall–Kier alpha value is -0.860. The highest BCUT2D eigenvalue weighted by atomic mass is 16.2. The van der Waals surface area contributed by atoms with Crippen molar-refractivity contribution in [3.05, 3.63) is 0 Å². The lowest BCUT2D eigenvalue weighted by atomic mass is 9.72. The first-order chi connectivity index (χ1) is 8.13. The van der Waals surface area contributed by atoms with Crippen LogP contribution in [0, 0.1) is 11.3 Å². The molecule has 1 N–H and O–H groups in total. The molecule has 2 amide bonds. The van der Waals surface area contributed by atoms with Gasteiger partial charge in [-0.2, -0.15) is 0 Å². The maximum absolute atomic E-state index is 11.5. The molecule has 1 saturated heterocycles. The van der Waals surface area contributed by atoms with E-state index in [-0.39, 0.29) is 17.2 Å². The van der Waals surface area contributed by atoms with Gasteiger partial charge in [0.1, 0.15) is 0 Å². The Bertz CT molecular complexity index is 295. The van der Waals surface area contributed by atoms with Crippen LogP contribution in [-0.4, -0.2) is 11.8 Å². The van der Waals surface area contributed by atoms with Gasteiger partial charge in [-0.05, 0) is 30.6 Å². The van der Waals surface area contributed by atoms with Crippen molar-refractivity contribution in [1.82, 2.24) is 5.32 Å². The lowest BCUT2D eigenvalue weighted by molar-refractivity contribution is -0.138. The molecule has 1 atom stereocenters. The molecule has 1 aliphatic carbocycles. The summed E-state index contributed by atoms with van der Waals surface area (Å²) < 4.78 is 0. The van der Waals surface area contributed by atoms with Crippen LogP contribution in [0.4, 0.5) is 0 Å². The SMILES string of the molecule is CCCC1CCCC2(CC1)CC(=O)NC(=O)C2. The van der Waals surface area contributed by atoms with Crippen molar-refractivity contribution in [2.24, 2.45) is 11.3 Å². The first-order valence-electron chi connectivity index (χ1n) is 6.96. The van der Waals surface area contributed by atoms with Gasteiger partial charge in [-0.1, -0.05) is 32.6 Å². The molecular weight excluding hydrogens is 214 g/mol. The van der Waals surface area contributed by atoms with Gasteiger partial charge in [0, 0.05) is 12.8 Å². The van der Waals surface area contributed by atoms with Crippen molar-refractivity contribution in [1.29, 1.82) is 0 Å². The van der Waals surface area contributed by atoms with Gasteiger partial charge in [0.05, 0.1) is 0 Å². The van der Waals surface area contributed by atoms with Crippen molar-refractivity contribution in [2.75, 3.05) is 0 Å². The van der Waals surface area contributed by atoms with Crippen LogP contribution in [0.25, 0.3) is 0 Å². The fraction of sp³-hybridized carbons (Fsp3) is 0.857. The molecule has 2 rings (SSSR count). The molecule has 3 nitrogen and oxygen atoms in total. The minimum absolute atomic E-state index is 0.00189. The van der Waals surface area contributed by atoms with E-state index in [9.17, 15) is 9.59 Å². The van der Waals surface area contributed by atoms with Crippen LogP contribution in [-0.2, 0) is 9.59 Å². The van der Waals surface area contributed by atoms with Crippen LogP contribution in [0.2, 0.25) is 0 Å². The maximum Gasteiger partial charge on any atom is 0.227 e. The van der Waals surface area contributed by atoms with E-state index in [1.807, 2.05) is 0 Å². The van der Waals surface area contributed by atoms with Crippen LogP contribution in [0.3, 0.4) is 0 Å². The summed E-state index contributed by atoms with van der Waals surface area (Å²) in [4.78, 5) is 23.1. The minimum Gasteiger partial charge on any atom is -0.296 e. The van der Waals surface area contributed by atoms with Crippen LogP contribution in [0.5, 0.6) is 0 Å². The lowest BCUT2D eigenvalue weighted by Crippen LogP contribution is -2.44. The summed E-state index contributed by atoms with van der Waals surface area (Å²) in [5.41, 5.74) is 0.00189. The molecule has 1 unspecified atom stereocenters. The monoisotopic (exact) mass is 237 g/mol. The number of hydrogen-bond donors (Lipinski definition) is 1. The molecule has 0 aromatic carbocycles. The summed E-state index contributed by atoms with van der Waals surface area (Å²) >= 11 is 0. The second-order valence-electron chi connectivity index (χ2n) is 5.91. The fourth-order valence-corrected chi connectivity index (χ4v) is 3.58. The minimum atomic E-state index is -0.0600. The van der Waals surface area contributed by atoms with E-state index in [0.717, 1.165) is 18.8 Å². The molecule has 1 heterocycles. The van der Waals surface area contributed by atoms with Crippen molar-refractivity contribution >= 4 is 11.8 Å². The molecule has 2 fully saturated rings. The van der Waals surface area contributed by atoms with Crippen LogP contribution in [0.15, 0.2) is 0 Å². The van der Waals surface area contributed by atoms with Gasteiger partial charge in [-0.3, -0.25) is 14.9 Å². The highest BCUT2D eigenvalue weighted by Crippen LogP contribution is 2.44. The smallest absolute Gasteiger partial charge is 0.227 e. The molecule has 0 radical (unpaired) electrons. The Balaban J connectivity index is 2.01. The molecule has 1 saturated carbocycles. The number of imide groups is 1. The number of nitrogens with one attached hydrogen (secondary N) is 1. The van der Waals surface area contributed by atoms with Crippen molar-refractivity contribution < 1.29 is 9.59 Å². The van der Waals surface area contributed by atoms with Crippen molar-refractivity contribution in [2.45, 2.75) is 64.7 Å². The van der Waals surface area contributed by atoms with Gasteiger partial charge in [0.15, 0.2) is 0 Å². The summed E-state index contributed by atoms with van der Waals surface area (Å²) in [6, 6.07) is 0. The number of amides is 2. The standard InChI is InChI=1S/C14H23NO2/c1-2-4-11-5-3-7-14(8-6-11)9-12(16)15-13(17)10-14/h11H,2-10H2,1H3,(H,15,16,17). The lowest BCUT2D eigenvalue weighted by Gasteiger charge is -2.35. The van der Waals surface area contributed by atoms with Gasteiger partial charge in [-0.15, -0.1) is 0 Å². The van der Waals surface area contributed by atoms with E-state index < -0.39 is 0 Å². The second-order valence-corrected chi connectivity index (χ2v) is 5.91. The largest absolute Gasteiger partial charge is 0.296 e. The summed E-state index contributed by atoms with van der Waals surface area (Å²) in [7, 11) is 0. The topological polar surface area (TPSA) is 46.2 Å². The molecule has 17 heavy (non-hydrogen) atoms. The molecule has 1 aliphatic heterocycles. The van der Waals surface area contributed by atoms with E-state index in [2.05, 4.69) is 12.2 Å². The average molecular weight is 237 g/mol. The zero-order valence-corrected chi connectivity index (χ0v) is 10.8. The Kier molecular flexibility index (Phi) is 3.85. The number of carbonyl (C=O) groups is 2. The normalized spacial score (nSPS) is 28.9. The molecule has 0 bridgehead atoms. The van der Waals surface area contributed by atoms with Gasteiger partial charge < -0.3 is 0 Å². The third kappa shape index (κ3) is 3.08. The van der Waals surface area contributed by atoms with Gasteiger partial charge in [0.2, 0.25) is 11.8 Å². The average Bonchev–Trinajstić information content (AvgIpc) is 2.41. The molecule has 0 aromatic rings. The maximum atomic E-state index is 11.5. The Labute approximate surface area is 103 Å². The summed E-state index contributed by atoms with van der Waals surface area (Å²) in [6.45, 7) is 2.23. The number of carbonyl (C=O) groups excluding carboxylic acids is 2. The van der Waals surface area contributed by atoms with Crippen LogP contribution < -0.4 is 5.32 Å².